The molecule has 178 valence electrons. The lowest BCUT2D eigenvalue weighted by molar-refractivity contribution is 0.0601. The first-order valence-corrected chi connectivity index (χ1v) is 11.9. The molecule has 1 aliphatic carbocycles. The van der Waals surface area contributed by atoms with Gasteiger partial charge in [-0.15, -0.1) is 0 Å². The van der Waals surface area contributed by atoms with Crippen molar-refractivity contribution in [2.24, 2.45) is 0 Å². The number of hydrogen-bond acceptors (Lipinski definition) is 5. The molecule has 2 aromatic heterocycles. The van der Waals surface area contributed by atoms with Gasteiger partial charge in [0, 0.05) is 49.5 Å². The third kappa shape index (κ3) is 3.89. The smallest absolute Gasteiger partial charge is 0.337 e. The van der Waals surface area contributed by atoms with Crippen LogP contribution in [0.3, 0.4) is 0 Å². The molecular formula is C27H31N3O4. The highest BCUT2D eigenvalue weighted by atomic mass is 16.5. The first kappa shape index (κ1) is 22.6. The zero-order valence-corrected chi connectivity index (χ0v) is 20.1. The Bertz CT molecular complexity index is 1350. The summed E-state index contributed by atoms with van der Waals surface area (Å²) in [7, 11) is 4.85. The second-order valence-electron chi connectivity index (χ2n) is 8.78. The lowest BCUT2D eigenvalue weighted by atomic mass is 9.95. The van der Waals surface area contributed by atoms with Gasteiger partial charge in [0.1, 0.15) is 5.82 Å². The Balaban J connectivity index is 1.66. The van der Waals surface area contributed by atoms with Gasteiger partial charge in [0.25, 0.3) is 0 Å². The topological polar surface area (TPSA) is 67.5 Å². The van der Waals surface area contributed by atoms with Crippen LogP contribution in [0.5, 0.6) is 0 Å². The van der Waals surface area contributed by atoms with Crippen LogP contribution in [0.15, 0.2) is 36.4 Å². The second kappa shape index (κ2) is 9.60. The number of carbonyl (C=O) groups is 1. The molecule has 2 aromatic carbocycles. The van der Waals surface area contributed by atoms with Crippen molar-refractivity contribution in [1.29, 1.82) is 0 Å². The monoisotopic (exact) mass is 461 g/mol. The highest BCUT2D eigenvalue weighted by Crippen LogP contribution is 2.35. The molecule has 0 saturated heterocycles. The van der Waals surface area contributed by atoms with Crippen molar-refractivity contribution in [2.75, 3.05) is 34.5 Å². The van der Waals surface area contributed by atoms with Crippen LogP contribution in [0.1, 0.15) is 34.5 Å². The summed E-state index contributed by atoms with van der Waals surface area (Å²) < 4.78 is 20.3. The normalized spacial score (nSPS) is 13.5. The Hall–Kier alpha value is -3.16. The molecule has 0 radical (unpaired) electrons. The molecule has 34 heavy (non-hydrogen) atoms. The van der Waals surface area contributed by atoms with E-state index in [1.807, 2.05) is 6.07 Å². The zero-order valence-electron chi connectivity index (χ0n) is 20.1. The summed E-state index contributed by atoms with van der Waals surface area (Å²) in [5.41, 5.74) is 7.49. The van der Waals surface area contributed by atoms with E-state index < -0.39 is 0 Å². The third-order valence-electron chi connectivity index (χ3n) is 6.84. The lowest BCUT2D eigenvalue weighted by Crippen LogP contribution is -2.11. The van der Waals surface area contributed by atoms with E-state index in [0.717, 1.165) is 41.8 Å². The molecule has 2 heterocycles. The van der Waals surface area contributed by atoms with E-state index in [-0.39, 0.29) is 5.97 Å². The molecule has 7 nitrogen and oxygen atoms in total. The van der Waals surface area contributed by atoms with Gasteiger partial charge in [-0.05, 0) is 67.6 Å². The summed E-state index contributed by atoms with van der Waals surface area (Å²) >= 11 is 0. The van der Waals surface area contributed by atoms with Crippen molar-refractivity contribution in [3.63, 3.8) is 0 Å². The number of aryl methyl sites for hydroxylation is 1. The predicted octanol–water partition coefficient (Wildman–Crippen LogP) is 4.62. The molecule has 0 spiro atoms. The SMILES string of the molecule is COCCn1c(-c2ccc3c(c2)c2c(n3CCOC)CCCC2)nc2cc(C(=O)OC)ccc21. The van der Waals surface area contributed by atoms with Crippen LogP contribution in [-0.4, -0.2) is 54.6 Å². The van der Waals surface area contributed by atoms with E-state index in [2.05, 4.69) is 27.3 Å². The van der Waals surface area contributed by atoms with Crippen LogP contribution in [0, 0.1) is 0 Å². The van der Waals surface area contributed by atoms with Gasteiger partial charge in [0.2, 0.25) is 0 Å². The van der Waals surface area contributed by atoms with Crippen LogP contribution in [0.25, 0.3) is 33.3 Å². The van der Waals surface area contributed by atoms with Gasteiger partial charge in [0.15, 0.2) is 0 Å². The standard InChI is InChI=1S/C27H31N3O4/c1-32-14-12-29-23-7-5-4-6-20(23)21-16-18(8-10-24(21)29)26-28-22-17-19(27(31)34-3)9-11-25(22)30(26)13-15-33-2/h8-11,16-17H,4-7,12-15H2,1-3H3. The predicted molar refractivity (Wildman–Crippen MR) is 132 cm³/mol. The summed E-state index contributed by atoms with van der Waals surface area (Å²) in [6.07, 6.45) is 4.69. The molecule has 0 saturated carbocycles. The number of imidazole rings is 1. The Morgan fingerprint density at radius 1 is 0.912 bits per heavy atom. The molecule has 7 heteroatoms. The summed E-state index contributed by atoms with van der Waals surface area (Å²) in [4.78, 5) is 17.0. The number of ether oxygens (including phenoxy) is 3. The lowest BCUT2D eigenvalue weighted by Gasteiger charge is -2.15. The van der Waals surface area contributed by atoms with E-state index in [0.29, 0.717) is 25.3 Å². The number of methoxy groups -OCH3 is 3. The highest BCUT2D eigenvalue weighted by Gasteiger charge is 2.22. The van der Waals surface area contributed by atoms with Crippen molar-refractivity contribution in [1.82, 2.24) is 14.1 Å². The molecule has 0 N–H and O–H groups in total. The fraction of sp³-hybridized carbons (Fsp3) is 0.407. The van der Waals surface area contributed by atoms with E-state index in [9.17, 15) is 4.79 Å². The average Bonchev–Trinajstić information content (AvgIpc) is 3.40. The summed E-state index contributed by atoms with van der Waals surface area (Å²) in [5, 5.41) is 1.31. The number of nitrogens with zero attached hydrogens (tertiary/aromatic N) is 3. The van der Waals surface area contributed by atoms with E-state index in [4.69, 9.17) is 19.2 Å². The minimum atomic E-state index is -0.361. The number of rotatable bonds is 8. The number of fused-ring (bicyclic) bond motifs is 4. The van der Waals surface area contributed by atoms with Crippen LogP contribution in [0.4, 0.5) is 0 Å². The fourth-order valence-electron chi connectivity index (χ4n) is 5.22. The molecule has 0 bridgehead atoms. The van der Waals surface area contributed by atoms with Crippen LogP contribution in [0.2, 0.25) is 0 Å². The Labute approximate surface area is 199 Å². The van der Waals surface area contributed by atoms with Crippen molar-refractivity contribution >= 4 is 27.9 Å². The average molecular weight is 462 g/mol. The molecule has 0 unspecified atom stereocenters. The number of hydrogen-bond donors (Lipinski definition) is 0. The van der Waals surface area contributed by atoms with Gasteiger partial charge in [-0.2, -0.15) is 0 Å². The van der Waals surface area contributed by atoms with E-state index in [1.54, 1.807) is 26.4 Å². The van der Waals surface area contributed by atoms with Gasteiger partial charge in [-0.3, -0.25) is 0 Å². The van der Waals surface area contributed by atoms with Gasteiger partial charge >= 0.3 is 5.97 Å². The quantitative estimate of drug-likeness (QED) is 0.358. The van der Waals surface area contributed by atoms with Crippen molar-refractivity contribution in [2.45, 2.75) is 38.8 Å². The number of carbonyl (C=O) groups excluding carboxylic acids is 1. The largest absolute Gasteiger partial charge is 0.465 e. The third-order valence-corrected chi connectivity index (χ3v) is 6.84. The summed E-state index contributed by atoms with van der Waals surface area (Å²) in [5.74, 6) is 0.519. The maximum Gasteiger partial charge on any atom is 0.337 e. The molecular weight excluding hydrogens is 430 g/mol. The Kier molecular flexibility index (Phi) is 6.39. The Morgan fingerprint density at radius 3 is 2.41 bits per heavy atom. The molecule has 0 fully saturated rings. The van der Waals surface area contributed by atoms with Crippen molar-refractivity contribution in [3.05, 3.63) is 53.2 Å². The molecule has 0 atom stereocenters. The highest BCUT2D eigenvalue weighted by molar-refractivity contribution is 5.95. The molecule has 0 aliphatic heterocycles. The minimum absolute atomic E-state index is 0.361. The maximum atomic E-state index is 12.1. The molecule has 4 aromatic rings. The number of aromatic nitrogens is 3. The summed E-state index contributed by atoms with van der Waals surface area (Å²) in [6.45, 7) is 2.81. The number of esters is 1. The van der Waals surface area contributed by atoms with Crippen molar-refractivity contribution < 1.29 is 19.0 Å². The summed E-state index contributed by atoms with van der Waals surface area (Å²) in [6, 6.07) is 12.2. The first-order valence-electron chi connectivity index (χ1n) is 11.9. The Morgan fingerprint density at radius 2 is 1.65 bits per heavy atom. The number of benzene rings is 2. The molecule has 5 rings (SSSR count). The van der Waals surface area contributed by atoms with Crippen LogP contribution >= 0.6 is 0 Å². The van der Waals surface area contributed by atoms with E-state index in [1.165, 1.54) is 42.1 Å². The fourth-order valence-corrected chi connectivity index (χ4v) is 5.22. The van der Waals surface area contributed by atoms with E-state index >= 15 is 0 Å². The van der Waals surface area contributed by atoms with Crippen LogP contribution in [-0.2, 0) is 40.1 Å². The van der Waals surface area contributed by atoms with Gasteiger partial charge in [0.05, 0.1) is 36.9 Å². The maximum absolute atomic E-state index is 12.1. The first-order chi connectivity index (χ1) is 16.7. The van der Waals surface area contributed by atoms with Gasteiger partial charge in [-0.25, -0.2) is 9.78 Å². The molecule has 0 amide bonds. The van der Waals surface area contributed by atoms with Gasteiger partial charge < -0.3 is 23.3 Å². The van der Waals surface area contributed by atoms with Crippen LogP contribution < -0.4 is 0 Å². The zero-order chi connectivity index (χ0) is 23.7. The second-order valence-corrected chi connectivity index (χ2v) is 8.78. The molecule has 1 aliphatic rings. The minimum Gasteiger partial charge on any atom is -0.465 e. The van der Waals surface area contributed by atoms with Crippen molar-refractivity contribution in [3.8, 4) is 11.4 Å². The van der Waals surface area contributed by atoms with Gasteiger partial charge in [-0.1, -0.05) is 0 Å².